The molecule has 2 aromatic carbocycles. The maximum atomic E-state index is 11.9. The van der Waals surface area contributed by atoms with E-state index in [1.165, 1.54) is 18.3 Å². The number of phenols is 2. The topological polar surface area (TPSA) is 149 Å². The number of para-hydroxylation sites is 1. The van der Waals surface area contributed by atoms with Crippen LogP contribution < -0.4 is 16.1 Å². The molecular weight excluding hydrogens is 396 g/mol. The number of nitrogens with zero attached hydrogens (tertiary/aromatic N) is 3. The first-order valence-corrected chi connectivity index (χ1v) is 9.10. The van der Waals surface area contributed by atoms with E-state index in [2.05, 4.69) is 31.4 Å². The third-order valence-electron chi connectivity index (χ3n) is 3.44. The van der Waals surface area contributed by atoms with Gasteiger partial charge in [-0.1, -0.05) is 29.5 Å². The number of phenolic OH excluding ortho intramolecular Hbond substituents is 2. The minimum absolute atomic E-state index is 0.0816. The number of hydrogen-bond acceptors (Lipinski definition) is 8. The Labute approximate surface area is 168 Å². The molecule has 3 aromatic rings. The van der Waals surface area contributed by atoms with E-state index in [0.717, 1.165) is 17.4 Å². The highest BCUT2D eigenvalue weighted by atomic mass is 32.1. The molecule has 11 heteroatoms. The highest BCUT2D eigenvalue weighted by Crippen LogP contribution is 2.20. The molecule has 0 aliphatic heterocycles. The first-order chi connectivity index (χ1) is 14.0. The Morgan fingerprint density at radius 2 is 1.86 bits per heavy atom. The Morgan fingerprint density at radius 1 is 1.07 bits per heavy atom. The van der Waals surface area contributed by atoms with Crippen molar-refractivity contribution in [1.29, 1.82) is 0 Å². The SMILES string of the molecule is O=C(Cc1nnc(NC(=O)Nc2ccccc2)s1)N/N=C\c1ccc(O)cc1O. The van der Waals surface area contributed by atoms with Crippen molar-refractivity contribution in [2.45, 2.75) is 6.42 Å². The Balaban J connectivity index is 1.48. The van der Waals surface area contributed by atoms with Crippen LogP contribution in [0.2, 0.25) is 0 Å². The van der Waals surface area contributed by atoms with Gasteiger partial charge < -0.3 is 15.5 Å². The van der Waals surface area contributed by atoms with Gasteiger partial charge in [-0.2, -0.15) is 5.10 Å². The van der Waals surface area contributed by atoms with Crippen LogP contribution in [-0.4, -0.2) is 38.6 Å². The van der Waals surface area contributed by atoms with Crippen LogP contribution in [0.25, 0.3) is 0 Å². The quantitative estimate of drug-likeness (QED) is 0.310. The summed E-state index contributed by atoms with van der Waals surface area (Å²) < 4.78 is 0. The second-order valence-electron chi connectivity index (χ2n) is 5.66. The van der Waals surface area contributed by atoms with Crippen molar-refractivity contribution in [1.82, 2.24) is 15.6 Å². The normalized spacial score (nSPS) is 10.6. The molecule has 0 saturated carbocycles. The highest BCUT2D eigenvalue weighted by molar-refractivity contribution is 7.15. The molecule has 10 nitrogen and oxygen atoms in total. The second kappa shape index (κ2) is 9.28. The molecule has 1 aromatic heterocycles. The molecule has 0 radical (unpaired) electrons. The molecule has 5 N–H and O–H groups in total. The van der Waals surface area contributed by atoms with Crippen molar-refractivity contribution in [2.75, 3.05) is 10.6 Å². The van der Waals surface area contributed by atoms with Crippen LogP contribution in [0.5, 0.6) is 11.5 Å². The predicted octanol–water partition coefficient (Wildman–Crippen LogP) is 2.29. The van der Waals surface area contributed by atoms with Gasteiger partial charge in [0.2, 0.25) is 11.0 Å². The maximum Gasteiger partial charge on any atom is 0.325 e. The molecule has 0 atom stereocenters. The number of hydrogen-bond donors (Lipinski definition) is 5. The molecule has 0 aliphatic carbocycles. The van der Waals surface area contributed by atoms with Crippen LogP contribution in [0.1, 0.15) is 10.6 Å². The largest absolute Gasteiger partial charge is 0.508 e. The lowest BCUT2D eigenvalue weighted by molar-refractivity contribution is -0.120. The number of amides is 3. The van der Waals surface area contributed by atoms with E-state index in [4.69, 9.17) is 0 Å². The summed E-state index contributed by atoms with van der Waals surface area (Å²) in [4.78, 5) is 23.8. The predicted molar refractivity (Wildman–Crippen MR) is 108 cm³/mol. The molecule has 0 saturated heterocycles. The monoisotopic (exact) mass is 412 g/mol. The Morgan fingerprint density at radius 3 is 2.62 bits per heavy atom. The molecule has 29 heavy (non-hydrogen) atoms. The zero-order valence-electron chi connectivity index (χ0n) is 14.9. The number of anilines is 2. The number of rotatable bonds is 6. The fraction of sp³-hybridized carbons (Fsp3) is 0.0556. The first-order valence-electron chi connectivity index (χ1n) is 8.29. The van der Waals surface area contributed by atoms with Gasteiger partial charge >= 0.3 is 6.03 Å². The fourth-order valence-electron chi connectivity index (χ4n) is 2.15. The third-order valence-corrected chi connectivity index (χ3v) is 4.28. The van der Waals surface area contributed by atoms with Gasteiger partial charge in [0.15, 0.2) is 0 Å². The summed E-state index contributed by atoms with van der Waals surface area (Å²) in [6, 6.07) is 12.4. The van der Waals surface area contributed by atoms with Gasteiger partial charge in [0.1, 0.15) is 16.5 Å². The number of urea groups is 1. The van der Waals surface area contributed by atoms with Gasteiger partial charge in [-0.15, -0.1) is 10.2 Å². The minimum Gasteiger partial charge on any atom is -0.508 e. The van der Waals surface area contributed by atoms with Crippen LogP contribution in [0.15, 0.2) is 53.6 Å². The Hall–Kier alpha value is -3.99. The molecule has 0 aliphatic rings. The maximum absolute atomic E-state index is 11.9. The van der Waals surface area contributed by atoms with Crippen LogP contribution in [-0.2, 0) is 11.2 Å². The van der Waals surface area contributed by atoms with Crippen molar-refractivity contribution >= 4 is 40.3 Å². The molecule has 0 spiro atoms. The van der Waals surface area contributed by atoms with E-state index in [-0.39, 0.29) is 23.1 Å². The molecule has 0 unspecified atom stereocenters. The molecule has 1 heterocycles. The second-order valence-corrected chi connectivity index (χ2v) is 6.72. The molecule has 148 valence electrons. The van der Waals surface area contributed by atoms with E-state index >= 15 is 0 Å². The Kier molecular flexibility index (Phi) is 6.32. The summed E-state index contributed by atoms with van der Waals surface area (Å²) >= 11 is 1.06. The summed E-state index contributed by atoms with van der Waals surface area (Å²) in [7, 11) is 0. The summed E-state index contributed by atoms with van der Waals surface area (Å²) in [5, 5.41) is 36.1. The first kappa shape index (κ1) is 19.8. The average molecular weight is 412 g/mol. The molecular formula is C18H16N6O4S. The number of carbonyl (C=O) groups is 2. The molecule has 0 bridgehead atoms. The van der Waals surface area contributed by atoms with E-state index in [1.54, 1.807) is 24.3 Å². The van der Waals surface area contributed by atoms with Gasteiger partial charge in [0.25, 0.3) is 0 Å². The van der Waals surface area contributed by atoms with Crippen molar-refractivity contribution in [2.24, 2.45) is 5.10 Å². The summed E-state index contributed by atoms with van der Waals surface area (Å²) in [6.45, 7) is 0. The van der Waals surface area contributed by atoms with E-state index in [1.807, 2.05) is 6.07 Å². The number of hydrazone groups is 1. The third kappa shape index (κ3) is 6.01. The summed E-state index contributed by atoms with van der Waals surface area (Å²) in [5.41, 5.74) is 3.26. The van der Waals surface area contributed by atoms with Gasteiger partial charge in [-0.3, -0.25) is 10.1 Å². The van der Waals surface area contributed by atoms with Crippen LogP contribution in [0, 0.1) is 0 Å². The van der Waals surface area contributed by atoms with Crippen LogP contribution in [0.3, 0.4) is 0 Å². The van der Waals surface area contributed by atoms with Crippen molar-refractivity contribution in [3.8, 4) is 11.5 Å². The number of nitrogens with one attached hydrogen (secondary N) is 3. The molecule has 0 fully saturated rings. The number of aromatic nitrogens is 2. The van der Waals surface area contributed by atoms with Crippen molar-refractivity contribution < 1.29 is 19.8 Å². The standard InChI is InChI=1S/C18H16N6O4S/c25-13-7-6-11(14(26)8-13)10-19-22-15(27)9-16-23-24-18(29-16)21-17(28)20-12-4-2-1-3-5-12/h1-8,10,25-26H,9H2,(H,22,27)(H2,20,21,24,28)/b19-10-. The Bertz CT molecular complexity index is 1040. The van der Waals surface area contributed by atoms with Gasteiger partial charge in [-0.25, -0.2) is 10.2 Å². The van der Waals surface area contributed by atoms with Gasteiger partial charge in [0, 0.05) is 17.3 Å². The zero-order valence-corrected chi connectivity index (χ0v) is 15.7. The lowest BCUT2D eigenvalue weighted by Gasteiger charge is -2.03. The van der Waals surface area contributed by atoms with E-state index in [0.29, 0.717) is 16.3 Å². The van der Waals surface area contributed by atoms with Gasteiger partial charge in [0.05, 0.1) is 12.6 Å². The van der Waals surface area contributed by atoms with Crippen molar-refractivity contribution in [3.05, 3.63) is 59.1 Å². The van der Waals surface area contributed by atoms with Crippen LogP contribution in [0.4, 0.5) is 15.6 Å². The zero-order chi connectivity index (χ0) is 20.6. The van der Waals surface area contributed by atoms with E-state index in [9.17, 15) is 19.8 Å². The van der Waals surface area contributed by atoms with Gasteiger partial charge in [-0.05, 0) is 24.3 Å². The highest BCUT2D eigenvalue weighted by Gasteiger charge is 2.11. The summed E-state index contributed by atoms with van der Waals surface area (Å²) in [6.07, 6.45) is 1.16. The minimum atomic E-state index is -0.471. The fourth-order valence-corrected chi connectivity index (χ4v) is 2.88. The van der Waals surface area contributed by atoms with Crippen molar-refractivity contribution in [3.63, 3.8) is 0 Å². The molecule has 3 amide bonds. The number of aromatic hydroxyl groups is 2. The summed E-state index contributed by atoms with van der Waals surface area (Å²) in [5.74, 6) is -0.700. The lowest BCUT2D eigenvalue weighted by atomic mass is 10.2. The number of carbonyl (C=O) groups excluding carboxylic acids is 2. The smallest absolute Gasteiger partial charge is 0.325 e. The molecule has 3 rings (SSSR count). The average Bonchev–Trinajstić information content (AvgIpc) is 3.10. The van der Waals surface area contributed by atoms with E-state index < -0.39 is 11.9 Å². The number of benzene rings is 2. The lowest BCUT2D eigenvalue weighted by Crippen LogP contribution is -2.19. The van der Waals surface area contributed by atoms with Crippen LogP contribution >= 0.6 is 11.3 Å².